The number of carbonyl (C=O) groups excluding carboxylic acids is 1. The molecule has 2 N–H and O–H groups in total. The molecule has 4 rings (SSSR count). The zero-order valence-electron chi connectivity index (χ0n) is 15.9. The standard InChI is InChI=1S/C22H26FN3O2/c23-18-3-7-20(8-4-18)26-15-21(28-22(26)27)14-25-11-9-17(10-12-25)13-16-1-5-19(24)6-2-16/h1-8,17,21H,9-15,24H2/t21-/m0/s1. The van der Waals surface area contributed by atoms with Gasteiger partial charge in [-0.05, 0) is 80.2 Å². The SMILES string of the molecule is Nc1ccc(CC2CCN(C[C@H]3CN(c4ccc(F)cc4)C(=O)O3)CC2)cc1. The molecule has 2 aliphatic heterocycles. The number of hydrogen-bond donors (Lipinski definition) is 1. The van der Waals surface area contributed by atoms with E-state index in [0.29, 0.717) is 18.2 Å². The third-order valence-electron chi connectivity index (χ3n) is 5.69. The first-order valence-corrected chi connectivity index (χ1v) is 9.87. The van der Waals surface area contributed by atoms with Gasteiger partial charge in [0.2, 0.25) is 0 Å². The molecule has 2 aromatic carbocycles. The molecule has 1 atom stereocenters. The van der Waals surface area contributed by atoms with Gasteiger partial charge >= 0.3 is 6.09 Å². The van der Waals surface area contributed by atoms with E-state index in [-0.39, 0.29) is 18.0 Å². The first kappa shape index (κ1) is 18.7. The fourth-order valence-electron chi connectivity index (χ4n) is 4.10. The number of nitrogen functional groups attached to an aromatic ring is 1. The first-order chi connectivity index (χ1) is 13.6. The van der Waals surface area contributed by atoms with Gasteiger partial charge in [-0.25, -0.2) is 9.18 Å². The Morgan fingerprint density at radius 2 is 1.71 bits per heavy atom. The Morgan fingerprint density at radius 1 is 1.04 bits per heavy atom. The molecule has 148 valence electrons. The molecule has 5 nitrogen and oxygen atoms in total. The van der Waals surface area contributed by atoms with E-state index in [1.807, 2.05) is 12.1 Å². The summed E-state index contributed by atoms with van der Waals surface area (Å²) in [5.41, 5.74) is 8.58. The lowest BCUT2D eigenvalue weighted by Gasteiger charge is -2.33. The number of hydrogen-bond acceptors (Lipinski definition) is 4. The molecule has 0 unspecified atom stereocenters. The molecule has 2 aliphatic rings. The molecule has 0 radical (unpaired) electrons. The molecular weight excluding hydrogens is 357 g/mol. The Labute approximate surface area is 164 Å². The van der Waals surface area contributed by atoms with Crippen LogP contribution in [-0.2, 0) is 11.2 Å². The zero-order chi connectivity index (χ0) is 19.5. The zero-order valence-corrected chi connectivity index (χ0v) is 15.9. The van der Waals surface area contributed by atoms with E-state index in [1.165, 1.54) is 17.7 Å². The summed E-state index contributed by atoms with van der Waals surface area (Å²) < 4.78 is 18.6. The largest absolute Gasteiger partial charge is 0.443 e. The third-order valence-corrected chi connectivity index (χ3v) is 5.69. The number of halogens is 1. The van der Waals surface area contributed by atoms with Crippen LogP contribution in [0.2, 0.25) is 0 Å². The molecule has 1 amide bonds. The Balaban J connectivity index is 1.25. The van der Waals surface area contributed by atoms with Gasteiger partial charge in [-0.1, -0.05) is 12.1 Å². The van der Waals surface area contributed by atoms with Crippen LogP contribution < -0.4 is 10.6 Å². The van der Waals surface area contributed by atoms with E-state index >= 15 is 0 Å². The van der Waals surface area contributed by atoms with Crippen molar-refractivity contribution in [1.82, 2.24) is 4.90 Å². The molecular formula is C22H26FN3O2. The average Bonchev–Trinajstić information content (AvgIpc) is 3.06. The molecule has 0 bridgehead atoms. The highest BCUT2D eigenvalue weighted by Gasteiger charge is 2.34. The van der Waals surface area contributed by atoms with Crippen molar-refractivity contribution in [3.05, 3.63) is 59.9 Å². The maximum Gasteiger partial charge on any atom is 0.414 e. The Hall–Kier alpha value is -2.60. The Kier molecular flexibility index (Phi) is 5.48. The van der Waals surface area contributed by atoms with Crippen molar-refractivity contribution in [1.29, 1.82) is 0 Å². The maximum atomic E-state index is 13.1. The summed E-state index contributed by atoms with van der Waals surface area (Å²) >= 11 is 0. The second-order valence-corrected chi connectivity index (χ2v) is 7.78. The minimum atomic E-state index is -0.352. The molecule has 2 aromatic rings. The number of ether oxygens (including phenoxy) is 1. The van der Waals surface area contributed by atoms with Crippen molar-refractivity contribution in [2.75, 3.05) is 36.8 Å². The van der Waals surface area contributed by atoms with Crippen molar-refractivity contribution in [3.8, 4) is 0 Å². The van der Waals surface area contributed by atoms with Gasteiger partial charge in [0.1, 0.15) is 11.9 Å². The quantitative estimate of drug-likeness (QED) is 0.800. The number of nitrogens with zero attached hydrogens (tertiary/aromatic N) is 2. The average molecular weight is 383 g/mol. The number of carbonyl (C=O) groups is 1. The summed E-state index contributed by atoms with van der Waals surface area (Å²) in [5.74, 6) is 0.372. The van der Waals surface area contributed by atoms with Crippen LogP contribution in [0.3, 0.4) is 0 Å². The highest BCUT2D eigenvalue weighted by Crippen LogP contribution is 2.25. The van der Waals surface area contributed by atoms with Gasteiger partial charge < -0.3 is 10.5 Å². The fraction of sp³-hybridized carbons (Fsp3) is 0.409. The summed E-state index contributed by atoms with van der Waals surface area (Å²) in [5, 5.41) is 0. The van der Waals surface area contributed by atoms with Crippen LogP contribution in [-0.4, -0.2) is 43.3 Å². The summed E-state index contributed by atoms with van der Waals surface area (Å²) in [7, 11) is 0. The van der Waals surface area contributed by atoms with Crippen molar-refractivity contribution in [3.63, 3.8) is 0 Å². The monoisotopic (exact) mass is 383 g/mol. The van der Waals surface area contributed by atoms with E-state index in [2.05, 4.69) is 17.0 Å². The van der Waals surface area contributed by atoms with Crippen molar-refractivity contribution >= 4 is 17.5 Å². The molecule has 0 aromatic heterocycles. The normalized spacial score (nSPS) is 21.1. The number of nitrogens with two attached hydrogens (primary N) is 1. The van der Waals surface area contributed by atoms with Crippen LogP contribution in [0.4, 0.5) is 20.6 Å². The Bertz CT molecular complexity index is 802. The van der Waals surface area contributed by atoms with Crippen molar-refractivity contribution in [2.24, 2.45) is 5.92 Å². The van der Waals surface area contributed by atoms with Crippen LogP contribution in [0, 0.1) is 11.7 Å². The summed E-state index contributed by atoms with van der Waals surface area (Å²) in [4.78, 5) is 16.1. The number of benzene rings is 2. The van der Waals surface area contributed by atoms with Gasteiger partial charge in [-0.3, -0.25) is 9.80 Å². The topological polar surface area (TPSA) is 58.8 Å². The molecule has 2 heterocycles. The molecule has 28 heavy (non-hydrogen) atoms. The van der Waals surface area contributed by atoms with Gasteiger partial charge in [0.15, 0.2) is 0 Å². The van der Waals surface area contributed by atoms with E-state index in [1.54, 1.807) is 17.0 Å². The van der Waals surface area contributed by atoms with E-state index in [4.69, 9.17) is 10.5 Å². The van der Waals surface area contributed by atoms with Crippen molar-refractivity contribution < 1.29 is 13.9 Å². The first-order valence-electron chi connectivity index (χ1n) is 9.87. The Morgan fingerprint density at radius 3 is 2.39 bits per heavy atom. The minimum absolute atomic E-state index is 0.147. The molecule has 0 spiro atoms. The maximum absolute atomic E-state index is 13.1. The number of cyclic esters (lactones) is 1. The number of rotatable bonds is 5. The van der Waals surface area contributed by atoms with Gasteiger partial charge in [0.25, 0.3) is 0 Å². The molecule has 2 fully saturated rings. The fourth-order valence-corrected chi connectivity index (χ4v) is 4.10. The summed E-state index contributed by atoms with van der Waals surface area (Å²) in [6, 6.07) is 14.1. The lowest BCUT2D eigenvalue weighted by atomic mass is 9.90. The molecule has 0 aliphatic carbocycles. The lowest BCUT2D eigenvalue weighted by molar-refractivity contribution is 0.0914. The van der Waals surface area contributed by atoms with Gasteiger partial charge in [-0.2, -0.15) is 0 Å². The van der Waals surface area contributed by atoms with Gasteiger partial charge in [0.05, 0.1) is 6.54 Å². The number of piperidine rings is 1. The van der Waals surface area contributed by atoms with E-state index in [9.17, 15) is 9.18 Å². The van der Waals surface area contributed by atoms with Crippen LogP contribution in [0.1, 0.15) is 18.4 Å². The predicted octanol–water partition coefficient (Wildman–Crippen LogP) is 3.69. The second-order valence-electron chi connectivity index (χ2n) is 7.78. The summed E-state index contributed by atoms with van der Waals surface area (Å²) in [6.07, 6.45) is 2.88. The number of anilines is 2. The molecule has 6 heteroatoms. The predicted molar refractivity (Wildman–Crippen MR) is 108 cm³/mol. The van der Waals surface area contributed by atoms with Crippen LogP contribution in [0.25, 0.3) is 0 Å². The smallest absolute Gasteiger partial charge is 0.414 e. The van der Waals surface area contributed by atoms with Crippen LogP contribution in [0.15, 0.2) is 48.5 Å². The lowest BCUT2D eigenvalue weighted by Crippen LogP contribution is -2.40. The molecule has 2 saturated heterocycles. The second kappa shape index (κ2) is 8.19. The summed E-state index contributed by atoms with van der Waals surface area (Å²) in [6.45, 7) is 3.29. The van der Waals surface area contributed by atoms with Crippen LogP contribution >= 0.6 is 0 Å². The molecule has 0 saturated carbocycles. The number of likely N-dealkylation sites (tertiary alicyclic amines) is 1. The highest BCUT2D eigenvalue weighted by atomic mass is 19.1. The van der Waals surface area contributed by atoms with Gasteiger partial charge in [-0.15, -0.1) is 0 Å². The van der Waals surface area contributed by atoms with E-state index < -0.39 is 0 Å². The highest BCUT2D eigenvalue weighted by molar-refractivity contribution is 5.89. The minimum Gasteiger partial charge on any atom is -0.443 e. The van der Waals surface area contributed by atoms with Crippen molar-refractivity contribution in [2.45, 2.75) is 25.4 Å². The van der Waals surface area contributed by atoms with Gasteiger partial charge in [0, 0.05) is 17.9 Å². The van der Waals surface area contributed by atoms with Crippen LogP contribution in [0.5, 0.6) is 0 Å². The number of amides is 1. The van der Waals surface area contributed by atoms with E-state index in [0.717, 1.165) is 44.6 Å². The third kappa shape index (κ3) is 4.44.